The lowest BCUT2D eigenvalue weighted by Gasteiger charge is -2.30. The molecule has 0 unspecified atom stereocenters. The lowest BCUT2D eigenvalue weighted by molar-refractivity contribution is 0.178. The number of hydrogen-bond acceptors (Lipinski definition) is 5. The van der Waals surface area contributed by atoms with Crippen molar-refractivity contribution >= 4 is 0 Å². The van der Waals surface area contributed by atoms with E-state index in [1.807, 2.05) is 24.4 Å². The molecule has 128 valence electrons. The number of halogens is 1. The van der Waals surface area contributed by atoms with Gasteiger partial charge in [-0.25, -0.2) is 4.39 Å². The minimum atomic E-state index is -0.303. The standard InChI is InChI=1S/C19H19FN4O/c20-16-7-3-5-14(11-16)18-22-19(25-23-18)15-6-4-10-24(12-15)13-17-8-1-2-9-21-17/h1-3,5,7-9,11,15H,4,6,10,12-13H2/t15-/m0/s1. The fourth-order valence-corrected chi connectivity index (χ4v) is 3.27. The fourth-order valence-electron chi connectivity index (χ4n) is 3.27. The van der Waals surface area contributed by atoms with Crippen molar-refractivity contribution in [2.75, 3.05) is 13.1 Å². The molecule has 1 atom stereocenters. The molecule has 0 bridgehead atoms. The van der Waals surface area contributed by atoms with Gasteiger partial charge in [-0.3, -0.25) is 9.88 Å². The van der Waals surface area contributed by atoms with Gasteiger partial charge in [-0.2, -0.15) is 4.98 Å². The Balaban J connectivity index is 1.46. The summed E-state index contributed by atoms with van der Waals surface area (Å²) >= 11 is 0. The van der Waals surface area contributed by atoms with Gasteiger partial charge in [0.05, 0.1) is 11.6 Å². The molecule has 0 amide bonds. The quantitative estimate of drug-likeness (QED) is 0.727. The van der Waals surface area contributed by atoms with E-state index in [0.717, 1.165) is 38.2 Å². The number of rotatable bonds is 4. The zero-order valence-corrected chi connectivity index (χ0v) is 13.8. The SMILES string of the molecule is Fc1cccc(-c2noc([C@H]3CCCN(Cc4ccccn4)C3)n2)c1. The van der Waals surface area contributed by atoms with Crippen molar-refractivity contribution < 1.29 is 8.91 Å². The van der Waals surface area contributed by atoms with Crippen molar-refractivity contribution in [1.29, 1.82) is 0 Å². The van der Waals surface area contributed by atoms with Crippen LogP contribution in [0.2, 0.25) is 0 Å². The number of pyridine rings is 1. The first-order valence-electron chi connectivity index (χ1n) is 8.50. The Morgan fingerprint density at radius 1 is 1.20 bits per heavy atom. The molecule has 25 heavy (non-hydrogen) atoms. The van der Waals surface area contributed by atoms with Crippen LogP contribution in [0.1, 0.15) is 30.3 Å². The van der Waals surface area contributed by atoms with Crippen LogP contribution in [0.5, 0.6) is 0 Å². The summed E-state index contributed by atoms with van der Waals surface area (Å²) in [5.41, 5.74) is 1.70. The van der Waals surface area contributed by atoms with Crippen LogP contribution in [0.4, 0.5) is 4.39 Å². The molecule has 0 aliphatic carbocycles. The summed E-state index contributed by atoms with van der Waals surface area (Å²) in [6.45, 7) is 2.72. The summed E-state index contributed by atoms with van der Waals surface area (Å²) in [4.78, 5) is 11.3. The lowest BCUT2D eigenvalue weighted by atomic mass is 9.98. The molecular weight excluding hydrogens is 319 g/mol. The highest BCUT2D eigenvalue weighted by Crippen LogP contribution is 2.28. The second kappa shape index (κ2) is 7.11. The number of aromatic nitrogens is 3. The topological polar surface area (TPSA) is 55.1 Å². The highest BCUT2D eigenvalue weighted by Gasteiger charge is 2.26. The minimum Gasteiger partial charge on any atom is -0.339 e. The van der Waals surface area contributed by atoms with Gasteiger partial charge in [0.15, 0.2) is 0 Å². The average molecular weight is 338 g/mol. The third-order valence-corrected chi connectivity index (χ3v) is 4.49. The van der Waals surface area contributed by atoms with Crippen LogP contribution in [-0.2, 0) is 6.54 Å². The summed E-state index contributed by atoms with van der Waals surface area (Å²) in [6.07, 6.45) is 3.92. The Bertz CT molecular complexity index is 836. The largest absolute Gasteiger partial charge is 0.339 e. The minimum absolute atomic E-state index is 0.201. The van der Waals surface area contributed by atoms with Crippen molar-refractivity contribution in [3.63, 3.8) is 0 Å². The van der Waals surface area contributed by atoms with E-state index in [2.05, 4.69) is 20.0 Å². The highest BCUT2D eigenvalue weighted by atomic mass is 19.1. The van der Waals surface area contributed by atoms with E-state index in [9.17, 15) is 4.39 Å². The lowest BCUT2D eigenvalue weighted by Crippen LogP contribution is -2.34. The normalized spacial score (nSPS) is 18.4. The van der Waals surface area contributed by atoms with Crippen molar-refractivity contribution in [3.05, 3.63) is 66.1 Å². The van der Waals surface area contributed by atoms with E-state index < -0.39 is 0 Å². The van der Waals surface area contributed by atoms with Gasteiger partial charge in [0.2, 0.25) is 11.7 Å². The van der Waals surface area contributed by atoms with E-state index in [0.29, 0.717) is 17.3 Å². The summed E-state index contributed by atoms with van der Waals surface area (Å²) < 4.78 is 18.8. The maximum absolute atomic E-state index is 13.4. The van der Waals surface area contributed by atoms with Gasteiger partial charge in [0.25, 0.3) is 0 Å². The smallest absolute Gasteiger partial charge is 0.231 e. The molecule has 1 aliphatic rings. The number of benzene rings is 1. The predicted octanol–water partition coefficient (Wildman–Crippen LogP) is 3.65. The number of likely N-dealkylation sites (tertiary alicyclic amines) is 1. The molecule has 0 spiro atoms. The van der Waals surface area contributed by atoms with Gasteiger partial charge < -0.3 is 4.52 Å². The van der Waals surface area contributed by atoms with Gasteiger partial charge in [-0.1, -0.05) is 23.4 Å². The van der Waals surface area contributed by atoms with Gasteiger partial charge in [0.1, 0.15) is 5.82 Å². The van der Waals surface area contributed by atoms with E-state index >= 15 is 0 Å². The molecule has 1 fully saturated rings. The zero-order chi connectivity index (χ0) is 17.1. The first-order valence-corrected chi connectivity index (χ1v) is 8.50. The van der Waals surface area contributed by atoms with E-state index in [4.69, 9.17) is 4.52 Å². The van der Waals surface area contributed by atoms with Crippen molar-refractivity contribution in [2.24, 2.45) is 0 Å². The van der Waals surface area contributed by atoms with Crippen LogP contribution >= 0.6 is 0 Å². The molecule has 1 aromatic carbocycles. The Hall–Kier alpha value is -2.60. The Kier molecular flexibility index (Phi) is 4.52. The Morgan fingerprint density at radius 2 is 2.16 bits per heavy atom. The molecule has 0 radical (unpaired) electrons. The summed E-state index contributed by atoms with van der Waals surface area (Å²) in [5.74, 6) is 0.969. The van der Waals surface area contributed by atoms with Gasteiger partial charge in [0, 0.05) is 24.8 Å². The van der Waals surface area contributed by atoms with Crippen LogP contribution in [0, 0.1) is 5.82 Å². The second-order valence-corrected chi connectivity index (χ2v) is 6.36. The molecule has 5 nitrogen and oxygen atoms in total. The van der Waals surface area contributed by atoms with Gasteiger partial charge >= 0.3 is 0 Å². The Morgan fingerprint density at radius 3 is 3.00 bits per heavy atom. The summed E-state index contributed by atoms with van der Waals surface area (Å²) in [7, 11) is 0. The molecule has 3 aromatic rings. The molecule has 0 N–H and O–H groups in total. The van der Waals surface area contributed by atoms with Crippen LogP contribution in [0.25, 0.3) is 11.4 Å². The van der Waals surface area contributed by atoms with Crippen LogP contribution in [-0.4, -0.2) is 33.1 Å². The van der Waals surface area contributed by atoms with Gasteiger partial charge in [-0.05, 0) is 43.7 Å². The fraction of sp³-hybridized carbons (Fsp3) is 0.316. The molecule has 1 aliphatic heterocycles. The molecule has 0 saturated carbocycles. The Labute approximate surface area is 145 Å². The van der Waals surface area contributed by atoms with Crippen LogP contribution in [0.15, 0.2) is 53.2 Å². The zero-order valence-electron chi connectivity index (χ0n) is 13.8. The summed E-state index contributed by atoms with van der Waals surface area (Å²) in [6, 6.07) is 12.2. The molecule has 1 saturated heterocycles. The summed E-state index contributed by atoms with van der Waals surface area (Å²) in [5, 5.41) is 4.03. The van der Waals surface area contributed by atoms with Crippen molar-refractivity contribution in [3.8, 4) is 11.4 Å². The molecule has 3 heterocycles. The van der Waals surface area contributed by atoms with Crippen molar-refractivity contribution in [1.82, 2.24) is 20.0 Å². The van der Waals surface area contributed by atoms with Crippen LogP contribution < -0.4 is 0 Å². The molecule has 2 aromatic heterocycles. The van der Waals surface area contributed by atoms with Crippen LogP contribution in [0.3, 0.4) is 0 Å². The first-order chi connectivity index (χ1) is 12.3. The predicted molar refractivity (Wildman–Crippen MR) is 91.2 cm³/mol. The van der Waals surface area contributed by atoms with E-state index in [-0.39, 0.29) is 11.7 Å². The van der Waals surface area contributed by atoms with E-state index in [1.165, 1.54) is 12.1 Å². The third-order valence-electron chi connectivity index (χ3n) is 4.49. The average Bonchev–Trinajstić information content (AvgIpc) is 3.13. The van der Waals surface area contributed by atoms with Crippen molar-refractivity contribution in [2.45, 2.75) is 25.3 Å². The first kappa shape index (κ1) is 15.9. The molecule has 4 rings (SSSR count). The number of piperidine rings is 1. The van der Waals surface area contributed by atoms with Gasteiger partial charge in [-0.15, -0.1) is 0 Å². The van der Waals surface area contributed by atoms with E-state index in [1.54, 1.807) is 12.1 Å². The molecule has 6 heteroatoms. The maximum Gasteiger partial charge on any atom is 0.231 e. The number of hydrogen-bond donors (Lipinski definition) is 0. The highest BCUT2D eigenvalue weighted by molar-refractivity contribution is 5.53. The third kappa shape index (κ3) is 3.74. The maximum atomic E-state index is 13.4. The molecular formula is C19H19FN4O. The monoisotopic (exact) mass is 338 g/mol. The number of nitrogens with zero attached hydrogens (tertiary/aromatic N) is 4. The second-order valence-electron chi connectivity index (χ2n) is 6.36.